The van der Waals surface area contributed by atoms with Crippen LogP contribution in [0.3, 0.4) is 0 Å². The molecule has 1 aromatic carbocycles. The Morgan fingerprint density at radius 2 is 2.08 bits per heavy atom. The number of amides is 1. The van der Waals surface area contributed by atoms with Gasteiger partial charge in [-0.25, -0.2) is 0 Å². The summed E-state index contributed by atoms with van der Waals surface area (Å²) in [5.41, 5.74) is 4.77. The molecular weight excluding hydrogens is 314 g/mol. The van der Waals surface area contributed by atoms with Crippen molar-refractivity contribution in [1.29, 1.82) is 0 Å². The van der Waals surface area contributed by atoms with Crippen LogP contribution < -0.4 is 5.32 Å². The molecule has 1 amide bonds. The van der Waals surface area contributed by atoms with Gasteiger partial charge in [0.15, 0.2) is 0 Å². The Morgan fingerprint density at radius 3 is 2.84 bits per heavy atom. The van der Waals surface area contributed by atoms with Crippen LogP contribution in [0.1, 0.15) is 48.8 Å². The minimum atomic E-state index is 0.0947. The number of fused-ring (bicyclic) bond motifs is 1. The Kier molecular flexibility index (Phi) is 5.87. The predicted octanol–water partition coefficient (Wildman–Crippen LogP) is 2.83. The topological polar surface area (TPSA) is 56.2 Å². The molecule has 0 bridgehead atoms. The van der Waals surface area contributed by atoms with Crippen molar-refractivity contribution in [2.45, 2.75) is 52.2 Å². The molecule has 0 aliphatic carbocycles. The summed E-state index contributed by atoms with van der Waals surface area (Å²) >= 11 is 0. The van der Waals surface area contributed by atoms with Gasteiger partial charge in [-0.2, -0.15) is 5.10 Å². The number of nitrogens with zero attached hydrogens (tertiary/aromatic N) is 2. The molecule has 0 fully saturated rings. The lowest BCUT2D eigenvalue weighted by atomic mass is 10.1. The Bertz CT molecular complexity index is 707. The summed E-state index contributed by atoms with van der Waals surface area (Å²) in [4.78, 5) is 12.0. The van der Waals surface area contributed by atoms with Gasteiger partial charge in [0.1, 0.15) is 0 Å². The quantitative estimate of drug-likeness (QED) is 0.842. The van der Waals surface area contributed by atoms with E-state index in [1.165, 1.54) is 16.8 Å². The summed E-state index contributed by atoms with van der Waals surface area (Å²) in [5.74, 6) is 0.0947. The molecule has 0 spiro atoms. The maximum absolute atomic E-state index is 12.0. The van der Waals surface area contributed by atoms with Crippen LogP contribution in [0, 0.1) is 0 Å². The third-order valence-corrected chi connectivity index (χ3v) is 4.59. The van der Waals surface area contributed by atoms with E-state index >= 15 is 0 Å². The van der Waals surface area contributed by atoms with Gasteiger partial charge in [-0.3, -0.25) is 9.48 Å². The van der Waals surface area contributed by atoms with Crippen molar-refractivity contribution in [2.75, 3.05) is 13.2 Å². The summed E-state index contributed by atoms with van der Waals surface area (Å²) < 4.78 is 7.72. The van der Waals surface area contributed by atoms with Crippen molar-refractivity contribution >= 4 is 5.91 Å². The number of nitrogens with one attached hydrogen (secondary N) is 1. The van der Waals surface area contributed by atoms with E-state index in [1.807, 2.05) is 18.2 Å². The minimum absolute atomic E-state index is 0.0947. The molecule has 2 aromatic rings. The first-order valence-corrected chi connectivity index (χ1v) is 9.12. The molecule has 0 radical (unpaired) electrons. The van der Waals surface area contributed by atoms with Crippen molar-refractivity contribution in [3.8, 4) is 0 Å². The van der Waals surface area contributed by atoms with Gasteiger partial charge in [-0.05, 0) is 25.8 Å². The first kappa shape index (κ1) is 17.7. The molecule has 3 rings (SSSR count). The van der Waals surface area contributed by atoms with Crippen LogP contribution in [0.4, 0.5) is 0 Å². The Hall–Kier alpha value is -2.14. The van der Waals surface area contributed by atoms with E-state index in [9.17, 15) is 4.79 Å². The van der Waals surface area contributed by atoms with Crippen molar-refractivity contribution in [3.05, 3.63) is 52.8 Å². The van der Waals surface area contributed by atoms with Crippen LogP contribution in [-0.4, -0.2) is 28.8 Å². The van der Waals surface area contributed by atoms with Crippen LogP contribution in [0.25, 0.3) is 0 Å². The highest BCUT2D eigenvalue weighted by Gasteiger charge is 2.22. The van der Waals surface area contributed by atoms with Crippen LogP contribution in [0.5, 0.6) is 0 Å². The van der Waals surface area contributed by atoms with Crippen molar-refractivity contribution in [3.63, 3.8) is 0 Å². The maximum Gasteiger partial charge on any atom is 0.220 e. The molecule has 1 aliphatic rings. The molecule has 0 unspecified atom stereocenters. The number of benzene rings is 1. The van der Waals surface area contributed by atoms with Crippen molar-refractivity contribution < 1.29 is 9.53 Å². The lowest BCUT2D eigenvalue weighted by Gasteiger charge is -2.16. The van der Waals surface area contributed by atoms with E-state index in [4.69, 9.17) is 9.84 Å². The second-order valence-electron chi connectivity index (χ2n) is 6.80. The van der Waals surface area contributed by atoms with E-state index in [2.05, 4.69) is 36.0 Å². The first-order valence-electron chi connectivity index (χ1n) is 9.12. The van der Waals surface area contributed by atoms with Gasteiger partial charge in [-0.1, -0.05) is 30.3 Å². The zero-order valence-electron chi connectivity index (χ0n) is 15.1. The summed E-state index contributed by atoms with van der Waals surface area (Å²) in [7, 11) is 0. The van der Waals surface area contributed by atoms with Gasteiger partial charge < -0.3 is 10.1 Å². The van der Waals surface area contributed by atoms with E-state index in [0.717, 1.165) is 31.6 Å². The van der Waals surface area contributed by atoms with Gasteiger partial charge in [0, 0.05) is 43.1 Å². The number of aryl methyl sites for hydroxylation is 1. The highest BCUT2D eigenvalue weighted by Crippen LogP contribution is 2.23. The summed E-state index contributed by atoms with van der Waals surface area (Å²) in [5, 5.41) is 7.78. The molecule has 0 saturated carbocycles. The van der Waals surface area contributed by atoms with Crippen LogP contribution in [-0.2, 0) is 35.4 Å². The van der Waals surface area contributed by atoms with E-state index in [1.54, 1.807) is 0 Å². The molecule has 5 nitrogen and oxygen atoms in total. The van der Waals surface area contributed by atoms with Crippen LogP contribution in [0.15, 0.2) is 30.3 Å². The zero-order chi connectivity index (χ0) is 17.6. The summed E-state index contributed by atoms with van der Waals surface area (Å²) in [6, 6.07) is 10.5. The van der Waals surface area contributed by atoms with Gasteiger partial charge >= 0.3 is 0 Å². The second kappa shape index (κ2) is 8.30. The number of ether oxygens (including phenoxy) is 1. The standard InChI is InChI=1S/C20H27N3O2/c1-15(2)23-19-11-13-25-14-17(19)18(22-23)10-12-21-20(24)9-8-16-6-4-3-5-7-16/h3-7,15H,8-14H2,1-2H3,(H,21,24). The molecule has 134 valence electrons. The van der Waals surface area contributed by atoms with Crippen LogP contribution in [0.2, 0.25) is 0 Å². The number of hydrogen-bond acceptors (Lipinski definition) is 3. The van der Waals surface area contributed by atoms with Gasteiger partial charge in [-0.15, -0.1) is 0 Å². The lowest BCUT2D eigenvalue weighted by molar-refractivity contribution is -0.121. The Morgan fingerprint density at radius 1 is 1.28 bits per heavy atom. The fourth-order valence-corrected chi connectivity index (χ4v) is 3.27. The predicted molar refractivity (Wildman–Crippen MR) is 97.4 cm³/mol. The molecule has 1 aliphatic heterocycles. The Balaban J connectivity index is 1.51. The molecule has 1 N–H and O–H groups in total. The number of carbonyl (C=O) groups excluding carboxylic acids is 1. The highest BCUT2D eigenvalue weighted by molar-refractivity contribution is 5.76. The SMILES string of the molecule is CC(C)n1nc(CCNC(=O)CCc2ccccc2)c2c1CCOC2. The van der Waals surface area contributed by atoms with E-state index in [-0.39, 0.29) is 5.91 Å². The van der Waals surface area contributed by atoms with Crippen molar-refractivity contribution in [2.24, 2.45) is 0 Å². The second-order valence-corrected chi connectivity index (χ2v) is 6.80. The molecular formula is C20H27N3O2. The molecule has 25 heavy (non-hydrogen) atoms. The van der Waals surface area contributed by atoms with Gasteiger partial charge in [0.25, 0.3) is 0 Å². The average molecular weight is 341 g/mol. The summed E-state index contributed by atoms with van der Waals surface area (Å²) in [6.07, 6.45) is 2.97. The molecule has 1 aromatic heterocycles. The molecule has 0 atom stereocenters. The smallest absolute Gasteiger partial charge is 0.220 e. The normalized spacial score (nSPS) is 13.7. The number of hydrogen-bond donors (Lipinski definition) is 1. The average Bonchev–Trinajstić information content (AvgIpc) is 3.00. The number of rotatable bonds is 7. The molecule has 2 heterocycles. The molecule has 5 heteroatoms. The van der Waals surface area contributed by atoms with Gasteiger partial charge in [0.05, 0.1) is 18.9 Å². The lowest BCUT2D eigenvalue weighted by Crippen LogP contribution is -2.26. The number of aromatic nitrogens is 2. The number of carbonyl (C=O) groups is 1. The van der Waals surface area contributed by atoms with Gasteiger partial charge in [0.2, 0.25) is 5.91 Å². The largest absolute Gasteiger partial charge is 0.376 e. The highest BCUT2D eigenvalue weighted by atomic mass is 16.5. The fraction of sp³-hybridized carbons (Fsp3) is 0.500. The minimum Gasteiger partial charge on any atom is -0.376 e. The third-order valence-electron chi connectivity index (χ3n) is 4.59. The third kappa shape index (κ3) is 4.48. The fourth-order valence-electron chi connectivity index (χ4n) is 3.27. The van der Waals surface area contributed by atoms with Crippen LogP contribution >= 0.6 is 0 Å². The Labute approximate surface area is 149 Å². The van der Waals surface area contributed by atoms with E-state index in [0.29, 0.717) is 25.6 Å². The van der Waals surface area contributed by atoms with E-state index < -0.39 is 0 Å². The zero-order valence-corrected chi connectivity index (χ0v) is 15.1. The monoisotopic (exact) mass is 341 g/mol. The summed E-state index contributed by atoms with van der Waals surface area (Å²) in [6.45, 7) is 6.32. The molecule has 0 saturated heterocycles. The first-order chi connectivity index (χ1) is 12.1. The van der Waals surface area contributed by atoms with Crippen molar-refractivity contribution in [1.82, 2.24) is 15.1 Å². The maximum atomic E-state index is 12.0.